The van der Waals surface area contributed by atoms with E-state index in [2.05, 4.69) is 73.1 Å². The van der Waals surface area contributed by atoms with E-state index < -0.39 is 0 Å². The van der Waals surface area contributed by atoms with Gasteiger partial charge in [0.25, 0.3) is 5.91 Å². The molecule has 1 heterocycles. The van der Waals surface area contributed by atoms with E-state index >= 15 is 0 Å². The van der Waals surface area contributed by atoms with E-state index in [1.807, 2.05) is 66.7 Å². The number of halogens is 2. The summed E-state index contributed by atoms with van der Waals surface area (Å²) in [7, 11) is 0. The van der Waals surface area contributed by atoms with Crippen LogP contribution in [-0.2, 0) is 11.4 Å². The van der Waals surface area contributed by atoms with Crippen molar-refractivity contribution in [2.24, 2.45) is 4.99 Å². The van der Waals surface area contributed by atoms with Gasteiger partial charge >= 0.3 is 0 Å². The highest BCUT2D eigenvalue weighted by molar-refractivity contribution is 14.1. The minimum atomic E-state index is -0.151. The number of amides is 1. The zero-order valence-corrected chi connectivity index (χ0v) is 22.4. The summed E-state index contributed by atoms with van der Waals surface area (Å²) in [4.78, 5) is 17.6. The fraction of sp³-hybridized carbons (Fsp3) is 0.0370. The number of thioether (sulfide) groups is 1. The van der Waals surface area contributed by atoms with Crippen molar-refractivity contribution in [2.75, 3.05) is 0 Å². The second kappa shape index (κ2) is 10.3. The van der Waals surface area contributed by atoms with Crippen molar-refractivity contribution in [3.8, 4) is 5.75 Å². The van der Waals surface area contributed by atoms with Crippen LogP contribution in [0.4, 0.5) is 5.69 Å². The number of amidine groups is 1. The smallest absolute Gasteiger partial charge is 0.264 e. The molecular formula is C27H18BrIN2O2S. The molecule has 0 spiro atoms. The van der Waals surface area contributed by atoms with Gasteiger partial charge in [0.15, 0.2) is 5.17 Å². The van der Waals surface area contributed by atoms with Crippen LogP contribution in [0, 0.1) is 3.57 Å². The molecule has 1 N–H and O–H groups in total. The van der Waals surface area contributed by atoms with Crippen LogP contribution < -0.4 is 10.1 Å². The van der Waals surface area contributed by atoms with Crippen molar-refractivity contribution in [1.82, 2.24) is 5.32 Å². The molecule has 4 aromatic rings. The predicted molar refractivity (Wildman–Crippen MR) is 152 cm³/mol. The Morgan fingerprint density at radius 1 is 1.00 bits per heavy atom. The molecule has 0 aromatic heterocycles. The Balaban J connectivity index is 1.30. The fourth-order valence-electron chi connectivity index (χ4n) is 3.59. The second-order valence-electron chi connectivity index (χ2n) is 7.58. The average molecular weight is 641 g/mol. The van der Waals surface area contributed by atoms with E-state index in [1.54, 1.807) is 0 Å². The summed E-state index contributed by atoms with van der Waals surface area (Å²) in [6, 6.07) is 28.2. The lowest BCUT2D eigenvalue weighted by Gasteiger charge is -2.11. The van der Waals surface area contributed by atoms with Crippen molar-refractivity contribution >= 4 is 83.9 Å². The van der Waals surface area contributed by atoms with E-state index in [9.17, 15) is 4.79 Å². The number of nitrogens with one attached hydrogen (secondary N) is 1. The van der Waals surface area contributed by atoms with Crippen LogP contribution in [0.5, 0.6) is 5.75 Å². The SMILES string of the molecule is O=C1NC(=Nc2cccc(I)c2)S/C1=C/c1ccc(OCc2cccc3ccccc23)c(Br)c1. The zero-order chi connectivity index (χ0) is 23.5. The monoisotopic (exact) mass is 640 g/mol. The molecule has 1 aliphatic rings. The molecule has 1 saturated heterocycles. The molecule has 4 aromatic carbocycles. The molecule has 34 heavy (non-hydrogen) atoms. The Labute approximate surface area is 223 Å². The van der Waals surface area contributed by atoms with Crippen LogP contribution in [0.1, 0.15) is 11.1 Å². The standard InChI is InChI=1S/C27H18BrIN2O2S/c28-23-13-17(14-25-26(32)31-27(34-25)30-21-9-4-8-20(29)15-21)11-12-24(23)33-16-19-7-3-6-18-5-1-2-10-22(18)19/h1-15H,16H2,(H,30,31,32)/b25-14+. The van der Waals surface area contributed by atoms with E-state index in [0.717, 1.165) is 30.6 Å². The number of hydrogen-bond acceptors (Lipinski definition) is 4. The minimum Gasteiger partial charge on any atom is -0.488 e. The molecular weight excluding hydrogens is 623 g/mol. The van der Waals surface area contributed by atoms with Gasteiger partial charge in [0.1, 0.15) is 12.4 Å². The summed E-state index contributed by atoms with van der Waals surface area (Å²) in [5.41, 5.74) is 2.85. The number of carbonyl (C=O) groups excluding carboxylic acids is 1. The number of aliphatic imine (C=N–C) groups is 1. The number of fused-ring (bicyclic) bond motifs is 1. The highest BCUT2D eigenvalue weighted by Crippen LogP contribution is 2.32. The van der Waals surface area contributed by atoms with Crippen molar-refractivity contribution < 1.29 is 9.53 Å². The van der Waals surface area contributed by atoms with Crippen LogP contribution >= 0.6 is 50.3 Å². The summed E-state index contributed by atoms with van der Waals surface area (Å²) < 4.78 is 8.02. The van der Waals surface area contributed by atoms with Gasteiger partial charge in [-0.15, -0.1) is 0 Å². The number of carbonyl (C=O) groups is 1. The maximum absolute atomic E-state index is 12.4. The van der Waals surface area contributed by atoms with Crippen LogP contribution in [-0.4, -0.2) is 11.1 Å². The minimum absolute atomic E-state index is 0.151. The molecule has 0 aliphatic carbocycles. The van der Waals surface area contributed by atoms with Gasteiger partial charge in [-0.3, -0.25) is 4.79 Å². The molecule has 1 amide bonds. The van der Waals surface area contributed by atoms with E-state index in [0.29, 0.717) is 16.7 Å². The molecule has 1 aliphatic heterocycles. The molecule has 0 unspecified atom stereocenters. The Bertz CT molecular complexity index is 1460. The molecule has 0 atom stereocenters. The summed E-state index contributed by atoms with van der Waals surface area (Å²) in [5.74, 6) is 0.598. The topological polar surface area (TPSA) is 50.7 Å². The molecule has 168 valence electrons. The fourth-order valence-corrected chi connectivity index (χ4v) is 5.47. The van der Waals surface area contributed by atoms with Crippen molar-refractivity contribution in [3.63, 3.8) is 0 Å². The molecule has 7 heteroatoms. The lowest BCUT2D eigenvalue weighted by Crippen LogP contribution is -2.19. The normalized spacial score (nSPS) is 15.8. The Kier molecular flexibility index (Phi) is 7.03. The Morgan fingerprint density at radius 2 is 1.82 bits per heavy atom. The number of nitrogens with zero attached hydrogens (tertiary/aromatic N) is 1. The largest absolute Gasteiger partial charge is 0.488 e. The molecule has 1 fully saturated rings. The third-order valence-electron chi connectivity index (χ3n) is 5.21. The van der Waals surface area contributed by atoms with Gasteiger partial charge < -0.3 is 10.1 Å². The van der Waals surface area contributed by atoms with Gasteiger partial charge in [-0.05, 0) is 109 Å². The highest BCUT2D eigenvalue weighted by atomic mass is 127. The molecule has 5 rings (SSSR count). The van der Waals surface area contributed by atoms with E-state index in [-0.39, 0.29) is 5.91 Å². The van der Waals surface area contributed by atoms with Gasteiger partial charge in [0, 0.05) is 3.57 Å². The average Bonchev–Trinajstić information content (AvgIpc) is 3.16. The third-order valence-corrected chi connectivity index (χ3v) is 7.41. The zero-order valence-electron chi connectivity index (χ0n) is 17.8. The van der Waals surface area contributed by atoms with E-state index in [4.69, 9.17) is 4.74 Å². The van der Waals surface area contributed by atoms with Gasteiger partial charge in [0.2, 0.25) is 0 Å². The molecule has 4 nitrogen and oxygen atoms in total. The van der Waals surface area contributed by atoms with Crippen molar-refractivity contribution in [1.29, 1.82) is 0 Å². The number of hydrogen-bond donors (Lipinski definition) is 1. The van der Waals surface area contributed by atoms with Gasteiger partial charge in [0.05, 0.1) is 15.1 Å². The van der Waals surface area contributed by atoms with Gasteiger partial charge in [-0.1, -0.05) is 54.6 Å². The maximum atomic E-state index is 12.4. The van der Waals surface area contributed by atoms with Crippen LogP contribution in [0.15, 0.2) is 99.3 Å². The quantitative estimate of drug-likeness (QED) is 0.180. The third kappa shape index (κ3) is 5.37. The van der Waals surface area contributed by atoms with Gasteiger partial charge in [-0.2, -0.15) is 0 Å². The van der Waals surface area contributed by atoms with Crippen LogP contribution in [0.25, 0.3) is 16.8 Å². The maximum Gasteiger partial charge on any atom is 0.264 e. The first-order valence-corrected chi connectivity index (χ1v) is 13.2. The highest BCUT2D eigenvalue weighted by Gasteiger charge is 2.24. The molecule has 0 bridgehead atoms. The lowest BCUT2D eigenvalue weighted by molar-refractivity contribution is -0.115. The van der Waals surface area contributed by atoms with Crippen LogP contribution in [0.2, 0.25) is 0 Å². The first-order chi connectivity index (χ1) is 16.5. The van der Waals surface area contributed by atoms with Crippen molar-refractivity contribution in [3.05, 3.63) is 109 Å². The Hall–Kier alpha value is -2.62. The van der Waals surface area contributed by atoms with Crippen molar-refractivity contribution in [2.45, 2.75) is 6.61 Å². The first kappa shape index (κ1) is 23.1. The number of benzene rings is 4. The molecule has 0 radical (unpaired) electrons. The first-order valence-electron chi connectivity index (χ1n) is 10.5. The second-order valence-corrected chi connectivity index (χ2v) is 10.7. The summed E-state index contributed by atoms with van der Waals surface area (Å²) in [6.07, 6.45) is 1.86. The summed E-state index contributed by atoms with van der Waals surface area (Å²) in [6.45, 7) is 0.469. The van der Waals surface area contributed by atoms with E-state index in [1.165, 1.54) is 22.5 Å². The van der Waals surface area contributed by atoms with Gasteiger partial charge in [-0.25, -0.2) is 4.99 Å². The predicted octanol–water partition coefficient (Wildman–Crippen LogP) is 7.68. The van der Waals surface area contributed by atoms with Crippen LogP contribution in [0.3, 0.4) is 0 Å². The molecule has 0 saturated carbocycles. The summed E-state index contributed by atoms with van der Waals surface area (Å²) in [5, 5.41) is 5.80. The lowest BCUT2D eigenvalue weighted by atomic mass is 10.1. The Morgan fingerprint density at radius 3 is 2.68 bits per heavy atom. The number of rotatable bonds is 5. The number of ether oxygens (including phenoxy) is 1. The summed E-state index contributed by atoms with van der Waals surface area (Å²) >= 11 is 7.19.